The fraction of sp³-hybridized carbons (Fsp3) is 0.571. The van der Waals surface area contributed by atoms with Gasteiger partial charge in [-0.3, -0.25) is 0 Å². The van der Waals surface area contributed by atoms with Crippen LogP contribution in [0.1, 0.15) is 27.7 Å². The van der Waals surface area contributed by atoms with Gasteiger partial charge in [0.25, 0.3) is 0 Å². The molecule has 0 saturated carbocycles. The van der Waals surface area contributed by atoms with E-state index in [0.717, 1.165) is 0 Å². The lowest BCUT2D eigenvalue weighted by atomic mass is 9.90. The summed E-state index contributed by atoms with van der Waals surface area (Å²) in [5.41, 5.74) is -1.41. The standard InChI is InChI=1S/C14H24O2Si.BH3O3/c1-13(2,15)14(3,4)16-17(5,6)12-10-8-7-9-11-12;2-1(3)4/h7-11,15H,1-6H3;2-4H. The molecule has 120 valence electrons. The maximum Gasteiger partial charge on any atom is 0.631 e. The molecular formula is C14H27BO5Si. The second-order valence-electron chi connectivity index (χ2n) is 6.39. The van der Waals surface area contributed by atoms with E-state index >= 15 is 0 Å². The summed E-state index contributed by atoms with van der Waals surface area (Å²) in [7, 11) is -4.15. The van der Waals surface area contributed by atoms with Crippen molar-refractivity contribution in [3.8, 4) is 0 Å². The van der Waals surface area contributed by atoms with Crippen LogP contribution in [0.5, 0.6) is 0 Å². The van der Waals surface area contributed by atoms with Crippen molar-refractivity contribution in [3.63, 3.8) is 0 Å². The summed E-state index contributed by atoms with van der Waals surface area (Å²) >= 11 is 0. The van der Waals surface area contributed by atoms with Crippen molar-refractivity contribution in [3.05, 3.63) is 30.3 Å². The Morgan fingerprint density at radius 3 is 1.67 bits per heavy atom. The van der Waals surface area contributed by atoms with Crippen molar-refractivity contribution in [1.29, 1.82) is 0 Å². The van der Waals surface area contributed by atoms with Crippen LogP contribution in [0.2, 0.25) is 13.1 Å². The molecule has 0 fully saturated rings. The smallest absolute Gasteiger partial charge is 0.405 e. The first-order valence-corrected chi connectivity index (χ1v) is 9.73. The van der Waals surface area contributed by atoms with Crippen LogP contribution in [0.4, 0.5) is 0 Å². The molecule has 0 aliphatic heterocycles. The van der Waals surface area contributed by atoms with Crippen molar-refractivity contribution in [2.45, 2.75) is 52.0 Å². The van der Waals surface area contributed by atoms with Crippen LogP contribution in [0.3, 0.4) is 0 Å². The van der Waals surface area contributed by atoms with Crippen LogP contribution in [0.25, 0.3) is 0 Å². The lowest BCUT2D eigenvalue weighted by molar-refractivity contribution is -0.0947. The molecule has 0 bridgehead atoms. The Kier molecular flexibility index (Phi) is 7.28. The van der Waals surface area contributed by atoms with E-state index in [1.54, 1.807) is 13.8 Å². The Morgan fingerprint density at radius 2 is 1.33 bits per heavy atom. The van der Waals surface area contributed by atoms with Gasteiger partial charge in [0.05, 0.1) is 11.2 Å². The second-order valence-corrected chi connectivity index (χ2v) is 10.2. The Morgan fingerprint density at radius 1 is 0.952 bits per heavy atom. The number of benzene rings is 1. The highest BCUT2D eigenvalue weighted by Crippen LogP contribution is 2.28. The van der Waals surface area contributed by atoms with Gasteiger partial charge < -0.3 is 24.6 Å². The van der Waals surface area contributed by atoms with E-state index < -0.39 is 26.8 Å². The summed E-state index contributed by atoms with van der Waals surface area (Å²) in [6, 6.07) is 10.3. The minimum atomic E-state index is -2.17. The molecule has 0 aromatic heterocycles. The average molecular weight is 314 g/mol. The van der Waals surface area contributed by atoms with Gasteiger partial charge in [-0.15, -0.1) is 0 Å². The van der Waals surface area contributed by atoms with Crippen LogP contribution in [-0.2, 0) is 4.43 Å². The lowest BCUT2D eigenvalue weighted by Gasteiger charge is -2.43. The molecule has 1 aromatic carbocycles. The van der Waals surface area contributed by atoms with E-state index in [-0.39, 0.29) is 0 Å². The Labute approximate surface area is 128 Å². The van der Waals surface area contributed by atoms with Crippen molar-refractivity contribution in [2.75, 3.05) is 0 Å². The number of hydrogen-bond acceptors (Lipinski definition) is 5. The van der Waals surface area contributed by atoms with E-state index in [2.05, 4.69) is 25.2 Å². The zero-order valence-corrected chi connectivity index (χ0v) is 14.7. The first kappa shape index (κ1) is 20.3. The largest absolute Gasteiger partial charge is 0.631 e. The molecule has 0 aliphatic rings. The maximum atomic E-state index is 10.2. The SMILES string of the molecule is CC(C)(O)C(C)(C)O[Si](C)(C)c1ccccc1.OB(O)O. The quantitative estimate of drug-likeness (QED) is 0.612. The van der Waals surface area contributed by atoms with Gasteiger partial charge in [-0.1, -0.05) is 30.3 Å². The summed E-state index contributed by atoms with van der Waals surface area (Å²) in [6.45, 7) is 11.8. The molecule has 1 aromatic rings. The molecule has 0 spiro atoms. The van der Waals surface area contributed by atoms with Crippen LogP contribution in [-0.4, -0.2) is 47.0 Å². The first-order valence-electron chi connectivity index (χ1n) is 6.82. The van der Waals surface area contributed by atoms with Gasteiger partial charge >= 0.3 is 7.32 Å². The Balaban J connectivity index is 0.000000885. The van der Waals surface area contributed by atoms with E-state index in [4.69, 9.17) is 19.5 Å². The van der Waals surface area contributed by atoms with E-state index in [0.29, 0.717) is 0 Å². The van der Waals surface area contributed by atoms with Gasteiger partial charge in [-0.2, -0.15) is 0 Å². The van der Waals surface area contributed by atoms with Crippen LogP contribution in [0, 0.1) is 0 Å². The highest BCUT2D eigenvalue weighted by molar-refractivity contribution is 6.84. The Hall–Kier alpha value is -0.698. The third-order valence-corrected chi connectivity index (χ3v) is 6.20. The Bertz CT molecular complexity index is 412. The van der Waals surface area contributed by atoms with Crippen LogP contribution in [0.15, 0.2) is 30.3 Å². The normalized spacial score (nSPS) is 12.5. The first-order chi connectivity index (χ1) is 9.29. The van der Waals surface area contributed by atoms with Gasteiger partial charge in [0.2, 0.25) is 8.32 Å². The van der Waals surface area contributed by atoms with Crippen molar-refractivity contribution in [2.24, 2.45) is 0 Å². The number of hydrogen-bond donors (Lipinski definition) is 4. The van der Waals surface area contributed by atoms with Gasteiger partial charge in [0.15, 0.2) is 0 Å². The summed E-state index contributed by atoms with van der Waals surface area (Å²) in [4.78, 5) is 0. The van der Waals surface area contributed by atoms with E-state index in [1.807, 2.05) is 32.0 Å². The second kappa shape index (κ2) is 7.53. The summed E-state index contributed by atoms with van der Waals surface area (Å²) in [5, 5.41) is 32.9. The average Bonchev–Trinajstić information content (AvgIpc) is 2.26. The van der Waals surface area contributed by atoms with Crippen LogP contribution >= 0.6 is 0 Å². The predicted octanol–water partition coefficient (Wildman–Crippen LogP) is 0.613. The van der Waals surface area contributed by atoms with Crippen LogP contribution < -0.4 is 5.19 Å². The van der Waals surface area contributed by atoms with Crippen molar-refractivity contribution < 1.29 is 24.6 Å². The summed E-state index contributed by atoms with van der Waals surface area (Å²) in [6.07, 6.45) is 0. The topological polar surface area (TPSA) is 90.2 Å². The van der Waals surface area contributed by atoms with Gasteiger partial charge in [-0.25, -0.2) is 0 Å². The molecule has 0 atom stereocenters. The monoisotopic (exact) mass is 314 g/mol. The zero-order valence-electron chi connectivity index (χ0n) is 13.7. The molecular weight excluding hydrogens is 287 g/mol. The molecule has 5 nitrogen and oxygen atoms in total. The van der Waals surface area contributed by atoms with E-state index in [9.17, 15) is 5.11 Å². The maximum absolute atomic E-state index is 10.2. The molecule has 7 heteroatoms. The minimum absolute atomic E-state index is 0.557. The third kappa shape index (κ3) is 7.21. The molecule has 0 radical (unpaired) electrons. The fourth-order valence-electron chi connectivity index (χ4n) is 1.66. The number of rotatable bonds is 4. The molecule has 0 aliphatic carbocycles. The predicted molar refractivity (Wildman–Crippen MR) is 87.4 cm³/mol. The molecule has 21 heavy (non-hydrogen) atoms. The molecule has 0 unspecified atom stereocenters. The van der Waals surface area contributed by atoms with Crippen molar-refractivity contribution >= 4 is 20.8 Å². The highest BCUT2D eigenvalue weighted by atomic mass is 28.4. The summed E-state index contributed by atoms with van der Waals surface area (Å²) < 4.78 is 6.26. The number of aliphatic hydroxyl groups is 1. The van der Waals surface area contributed by atoms with Gasteiger partial charge in [0, 0.05) is 0 Å². The third-order valence-electron chi connectivity index (χ3n) is 3.45. The van der Waals surface area contributed by atoms with Gasteiger partial charge in [-0.05, 0) is 46.0 Å². The molecule has 1 rings (SSSR count). The molecule has 0 heterocycles. The zero-order chi connectivity index (χ0) is 16.9. The summed E-state index contributed by atoms with van der Waals surface area (Å²) in [5.74, 6) is 0. The highest BCUT2D eigenvalue weighted by Gasteiger charge is 2.41. The lowest BCUT2D eigenvalue weighted by Crippen LogP contribution is -2.57. The molecule has 0 saturated heterocycles. The van der Waals surface area contributed by atoms with E-state index in [1.165, 1.54) is 5.19 Å². The minimum Gasteiger partial charge on any atom is -0.405 e. The van der Waals surface area contributed by atoms with Gasteiger partial charge in [0.1, 0.15) is 0 Å². The fourth-order valence-corrected chi connectivity index (χ4v) is 4.30. The molecule has 4 N–H and O–H groups in total. The van der Waals surface area contributed by atoms with Crippen molar-refractivity contribution in [1.82, 2.24) is 0 Å². The molecule has 0 amide bonds.